The van der Waals surface area contributed by atoms with E-state index in [1.807, 2.05) is 0 Å². The van der Waals surface area contributed by atoms with Gasteiger partial charge in [0.1, 0.15) is 6.54 Å². The van der Waals surface area contributed by atoms with E-state index in [1.165, 1.54) is 0 Å². The van der Waals surface area contributed by atoms with Gasteiger partial charge in [-0.3, -0.25) is 4.79 Å². The maximum absolute atomic E-state index is 10.5. The molecule has 0 amide bonds. The summed E-state index contributed by atoms with van der Waals surface area (Å²) in [6, 6.07) is 3.47. The fourth-order valence-electron chi connectivity index (χ4n) is 1.87. The van der Waals surface area contributed by atoms with Crippen LogP contribution in [0.2, 0.25) is 0 Å². The minimum absolute atomic E-state index is 0.181. The monoisotopic (exact) mass is 236 g/mol. The molecule has 0 saturated heterocycles. The first-order valence-corrected chi connectivity index (χ1v) is 5.23. The van der Waals surface area contributed by atoms with Crippen molar-refractivity contribution in [3.8, 4) is 0 Å². The molecule has 0 fully saturated rings. The number of carbonyl (C=O) groups is 1. The summed E-state index contributed by atoms with van der Waals surface area (Å²) in [4.78, 5) is 10.5. The minimum Gasteiger partial charge on any atom is -0.480 e. The first-order chi connectivity index (χ1) is 8.11. The summed E-state index contributed by atoms with van der Waals surface area (Å²) in [7, 11) is -0.957. The summed E-state index contributed by atoms with van der Waals surface area (Å²) >= 11 is 0. The van der Waals surface area contributed by atoms with Crippen molar-refractivity contribution in [1.82, 2.24) is 0 Å². The molecular formula is C10H13BN2O4. The smallest absolute Gasteiger partial charge is 0.480 e. The van der Waals surface area contributed by atoms with Crippen LogP contribution in [-0.4, -0.2) is 29.8 Å². The van der Waals surface area contributed by atoms with Gasteiger partial charge >= 0.3 is 13.1 Å². The Morgan fingerprint density at radius 1 is 1.59 bits per heavy atom. The number of anilines is 1. The highest BCUT2D eigenvalue weighted by Crippen LogP contribution is 2.19. The van der Waals surface area contributed by atoms with Gasteiger partial charge in [-0.05, 0) is 28.7 Å². The van der Waals surface area contributed by atoms with Gasteiger partial charge in [0.15, 0.2) is 0 Å². The second kappa shape index (κ2) is 4.74. The third kappa shape index (κ3) is 2.41. The van der Waals surface area contributed by atoms with Crippen molar-refractivity contribution in [2.45, 2.75) is 13.2 Å². The predicted octanol–water partition coefficient (Wildman–Crippen LogP) is -1.14. The Hall–Kier alpha value is -1.57. The number of fused-ring (bicyclic) bond motifs is 1. The molecule has 1 aromatic rings. The van der Waals surface area contributed by atoms with E-state index in [0.29, 0.717) is 24.3 Å². The molecule has 0 bridgehead atoms. The lowest BCUT2D eigenvalue weighted by Gasteiger charge is -2.10. The summed E-state index contributed by atoms with van der Waals surface area (Å²) < 4.78 is 5.10. The zero-order valence-corrected chi connectivity index (χ0v) is 9.14. The van der Waals surface area contributed by atoms with E-state index >= 15 is 0 Å². The lowest BCUT2D eigenvalue weighted by atomic mass is 9.78. The van der Waals surface area contributed by atoms with E-state index in [9.17, 15) is 9.82 Å². The Morgan fingerprint density at radius 2 is 2.35 bits per heavy atom. The topological polar surface area (TPSA) is 105 Å². The van der Waals surface area contributed by atoms with Crippen LogP contribution in [0.25, 0.3) is 0 Å². The Morgan fingerprint density at radius 3 is 3.00 bits per heavy atom. The molecule has 6 nitrogen and oxygen atoms in total. The first-order valence-electron chi connectivity index (χ1n) is 5.23. The molecule has 1 heterocycles. The van der Waals surface area contributed by atoms with Gasteiger partial charge in [-0.15, -0.1) is 0 Å². The van der Waals surface area contributed by atoms with E-state index in [2.05, 4.69) is 5.32 Å². The Balaban J connectivity index is 2.30. The summed E-state index contributed by atoms with van der Waals surface area (Å²) in [5, 5.41) is 20.9. The molecule has 0 aromatic heterocycles. The molecule has 1 aliphatic heterocycles. The van der Waals surface area contributed by atoms with Gasteiger partial charge < -0.3 is 25.8 Å². The summed E-state index contributed by atoms with van der Waals surface area (Å²) in [6.07, 6.45) is 0. The molecule has 0 spiro atoms. The highest BCUT2D eigenvalue weighted by Gasteiger charge is 2.29. The number of nitrogens with one attached hydrogen (secondary N) is 1. The molecule has 5 N–H and O–H groups in total. The predicted molar refractivity (Wildman–Crippen MR) is 62.9 cm³/mol. The second-order valence-electron chi connectivity index (χ2n) is 3.82. The van der Waals surface area contributed by atoms with Crippen LogP contribution in [0.5, 0.6) is 0 Å². The quantitative estimate of drug-likeness (QED) is 0.492. The maximum Gasteiger partial charge on any atom is 0.491 e. The van der Waals surface area contributed by atoms with Gasteiger partial charge in [-0.2, -0.15) is 0 Å². The average Bonchev–Trinajstić information content (AvgIpc) is 2.68. The normalized spacial score (nSPS) is 13.6. The lowest BCUT2D eigenvalue weighted by Crippen LogP contribution is -2.29. The SMILES string of the molecule is NCc1cc(NCC(=O)O)cc2c1COB2O. The van der Waals surface area contributed by atoms with Crippen LogP contribution >= 0.6 is 0 Å². The second-order valence-corrected chi connectivity index (χ2v) is 3.82. The average molecular weight is 236 g/mol. The summed E-state index contributed by atoms with van der Waals surface area (Å²) in [5.41, 5.74) is 8.63. The Bertz CT molecular complexity index is 452. The van der Waals surface area contributed by atoms with E-state index in [4.69, 9.17) is 15.5 Å². The van der Waals surface area contributed by atoms with Crippen molar-refractivity contribution in [3.63, 3.8) is 0 Å². The van der Waals surface area contributed by atoms with Crippen LogP contribution in [0.1, 0.15) is 11.1 Å². The molecule has 7 heteroatoms. The molecule has 17 heavy (non-hydrogen) atoms. The van der Waals surface area contributed by atoms with Crippen molar-refractivity contribution in [2.75, 3.05) is 11.9 Å². The van der Waals surface area contributed by atoms with Gasteiger partial charge in [0, 0.05) is 12.2 Å². The number of carboxylic acid groups (broad SMARTS) is 1. The fraction of sp³-hybridized carbons (Fsp3) is 0.300. The number of hydrogen-bond donors (Lipinski definition) is 4. The van der Waals surface area contributed by atoms with Crippen molar-refractivity contribution in [3.05, 3.63) is 23.3 Å². The van der Waals surface area contributed by atoms with Crippen molar-refractivity contribution in [2.24, 2.45) is 5.73 Å². The third-order valence-corrected chi connectivity index (χ3v) is 2.69. The molecule has 0 radical (unpaired) electrons. The van der Waals surface area contributed by atoms with E-state index < -0.39 is 13.1 Å². The number of benzene rings is 1. The molecule has 0 saturated carbocycles. The Kier molecular flexibility index (Phi) is 3.32. The summed E-state index contributed by atoms with van der Waals surface area (Å²) in [6.45, 7) is 0.475. The van der Waals surface area contributed by atoms with Crippen LogP contribution in [0.15, 0.2) is 12.1 Å². The molecule has 0 atom stereocenters. The van der Waals surface area contributed by atoms with Gasteiger partial charge in [-0.1, -0.05) is 0 Å². The van der Waals surface area contributed by atoms with Gasteiger partial charge in [0.25, 0.3) is 0 Å². The highest BCUT2D eigenvalue weighted by molar-refractivity contribution is 6.61. The first kappa shape index (κ1) is 11.9. The largest absolute Gasteiger partial charge is 0.491 e. The third-order valence-electron chi connectivity index (χ3n) is 2.69. The molecule has 0 aliphatic carbocycles. The van der Waals surface area contributed by atoms with Crippen LogP contribution in [0.3, 0.4) is 0 Å². The number of carboxylic acids is 1. The van der Waals surface area contributed by atoms with Crippen LogP contribution in [0.4, 0.5) is 5.69 Å². The fourth-order valence-corrected chi connectivity index (χ4v) is 1.87. The zero-order chi connectivity index (χ0) is 12.4. The van der Waals surface area contributed by atoms with E-state index in [1.54, 1.807) is 12.1 Å². The van der Waals surface area contributed by atoms with Crippen molar-refractivity contribution < 1.29 is 19.6 Å². The molecular weight excluding hydrogens is 223 g/mol. The van der Waals surface area contributed by atoms with Gasteiger partial charge in [0.2, 0.25) is 0 Å². The van der Waals surface area contributed by atoms with E-state index in [0.717, 1.165) is 11.1 Å². The van der Waals surface area contributed by atoms with Crippen LogP contribution in [0, 0.1) is 0 Å². The highest BCUT2D eigenvalue weighted by atomic mass is 16.5. The van der Waals surface area contributed by atoms with Crippen molar-refractivity contribution >= 4 is 24.2 Å². The molecule has 1 aliphatic rings. The van der Waals surface area contributed by atoms with Crippen molar-refractivity contribution in [1.29, 1.82) is 0 Å². The zero-order valence-electron chi connectivity index (χ0n) is 9.14. The molecule has 2 rings (SSSR count). The Labute approximate surface area is 98.5 Å². The molecule has 90 valence electrons. The number of hydrogen-bond acceptors (Lipinski definition) is 5. The van der Waals surface area contributed by atoms with Gasteiger partial charge in [0.05, 0.1) is 6.61 Å². The number of rotatable bonds is 4. The lowest BCUT2D eigenvalue weighted by molar-refractivity contribution is -0.134. The number of nitrogens with two attached hydrogens (primary N) is 1. The number of aliphatic carboxylic acids is 1. The minimum atomic E-state index is -0.957. The van der Waals surface area contributed by atoms with Gasteiger partial charge in [-0.25, -0.2) is 0 Å². The maximum atomic E-state index is 10.5. The molecule has 0 unspecified atom stereocenters. The van der Waals surface area contributed by atoms with E-state index in [-0.39, 0.29) is 6.54 Å². The standard InChI is InChI=1S/C10H13BN2O4/c12-3-6-1-7(13-4-10(14)15)2-9-8(6)5-17-11(9)16/h1-2,13,16H,3-5,12H2,(H,14,15). The summed E-state index contributed by atoms with van der Waals surface area (Å²) in [5.74, 6) is -0.948. The van der Waals surface area contributed by atoms with Crippen LogP contribution in [-0.2, 0) is 22.6 Å². The molecule has 1 aromatic carbocycles. The van der Waals surface area contributed by atoms with Crippen LogP contribution < -0.4 is 16.5 Å².